The summed E-state index contributed by atoms with van der Waals surface area (Å²) in [6.07, 6.45) is 1.64. The number of hydrogen-bond acceptors (Lipinski definition) is 4. The lowest BCUT2D eigenvalue weighted by molar-refractivity contribution is -0.114. The number of carbonyl (C=O) groups excluding carboxylic acids is 1. The van der Waals surface area contributed by atoms with Crippen molar-refractivity contribution < 1.29 is 9.53 Å². The molecule has 6 nitrogen and oxygen atoms in total. The van der Waals surface area contributed by atoms with Crippen molar-refractivity contribution in [3.63, 3.8) is 0 Å². The molecular weight excluding hydrogens is 376 g/mol. The van der Waals surface area contributed by atoms with Crippen LogP contribution in [-0.2, 0) is 16.1 Å². The van der Waals surface area contributed by atoms with Gasteiger partial charge in [-0.2, -0.15) is 0 Å². The Labute approximate surface area is 169 Å². The van der Waals surface area contributed by atoms with Crippen molar-refractivity contribution in [2.24, 2.45) is 4.99 Å². The van der Waals surface area contributed by atoms with Gasteiger partial charge in [0.25, 0.3) is 0 Å². The van der Waals surface area contributed by atoms with E-state index in [-0.39, 0.29) is 11.4 Å². The number of nitrogens with one attached hydrogen (secondary N) is 3. The Hall–Kier alpha value is -2.57. The molecule has 0 unspecified atom stereocenters. The fourth-order valence-electron chi connectivity index (χ4n) is 3.68. The Morgan fingerprint density at radius 2 is 2.04 bits per heavy atom. The van der Waals surface area contributed by atoms with E-state index in [1.54, 1.807) is 0 Å². The number of halogens is 1. The molecule has 0 radical (unpaired) electrons. The van der Waals surface area contributed by atoms with E-state index in [9.17, 15) is 4.79 Å². The number of anilines is 3. The van der Waals surface area contributed by atoms with Crippen molar-refractivity contribution in [2.75, 3.05) is 29.2 Å². The first-order chi connectivity index (χ1) is 13.5. The van der Waals surface area contributed by atoms with Gasteiger partial charge in [-0.25, -0.2) is 0 Å². The summed E-state index contributed by atoms with van der Waals surface area (Å²) in [5.74, 6) is 0.823. The molecule has 2 aliphatic heterocycles. The van der Waals surface area contributed by atoms with Crippen LogP contribution in [0.3, 0.4) is 0 Å². The van der Waals surface area contributed by atoms with Crippen LogP contribution in [0.1, 0.15) is 25.3 Å². The molecular formula is C21H23ClN4O2. The van der Waals surface area contributed by atoms with Gasteiger partial charge >= 0.3 is 0 Å². The van der Waals surface area contributed by atoms with Gasteiger partial charge in [-0.15, -0.1) is 0 Å². The lowest BCUT2D eigenvalue weighted by Gasteiger charge is -2.43. The van der Waals surface area contributed by atoms with Crippen LogP contribution in [0, 0.1) is 0 Å². The molecule has 146 valence electrons. The minimum atomic E-state index is -0.307. The highest BCUT2D eigenvalue weighted by Gasteiger charge is 2.41. The van der Waals surface area contributed by atoms with Crippen molar-refractivity contribution in [1.82, 2.24) is 0 Å². The zero-order chi connectivity index (χ0) is 19.6. The van der Waals surface area contributed by atoms with Gasteiger partial charge in [0.1, 0.15) is 5.84 Å². The summed E-state index contributed by atoms with van der Waals surface area (Å²) >= 11 is 6.10. The zero-order valence-corrected chi connectivity index (χ0v) is 16.5. The normalized spacial score (nSPS) is 18.9. The molecule has 0 bridgehead atoms. The molecule has 3 N–H and O–H groups in total. The molecule has 2 aromatic rings. The zero-order valence-electron chi connectivity index (χ0n) is 15.7. The van der Waals surface area contributed by atoms with Crippen LogP contribution in [0.5, 0.6) is 0 Å². The molecule has 28 heavy (non-hydrogen) atoms. The van der Waals surface area contributed by atoms with Crippen LogP contribution in [0.4, 0.5) is 17.1 Å². The molecule has 0 aromatic heterocycles. The molecule has 4 rings (SSSR count). The monoisotopic (exact) mass is 398 g/mol. The highest BCUT2D eigenvalue weighted by molar-refractivity contribution is 6.30. The number of fused-ring (bicyclic) bond motifs is 1. The van der Waals surface area contributed by atoms with Gasteiger partial charge in [-0.3, -0.25) is 9.79 Å². The molecule has 7 heteroatoms. The summed E-state index contributed by atoms with van der Waals surface area (Å²) in [7, 11) is 0. The second kappa shape index (κ2) is 7.81. The van der Waals surface area contributed by atoms with Gasteiger partial charge in [-0.1, -0.05) is 23.7 Å². The average molecular weight is 399 g/mol. The number of amidine groups is 1. The lowest BCUT2D eigenvalue weighted by Crippen LogP contribution is -2.55. The highest BCUT2D eigenvalue weighted by atomic mass is 35.5. The molecule has 0 aliphatic carbocycles. The second-order valence-corrected chi connectivity index (χ2v) is 7.62. The van der Waals surface area contributed by atoms with Gasteiger partial charge in [0.15, 0.2) is 0 Å². The third-order valence-corrected chi connectivity index (χ3v) is 5.31. The predicted octanol–water partition coefficient (Wildman–Crippen LogP) is 4.28. The number of carbonyl (C=O) groups is 1. The predicted molar refractivity (Wildman–Crippen MR) is 113 cm³/mol. The summed E-state index contributed by atoms with van der Waals surface area (Å²) < 4.78 is 5.59. The van der Waals surface area contributed by atoms with E-state index >= 15 is 0 Å². The lowest BCUT2D eigenvalue weighted by atomic mass is 9.86. The van der Waals surface area contributed by atoms with E-state index in [0.29, 0.717) is 24.8 Å². The molecule has 1 amide bonds. The summed E-state index contributed by atoms with van der Waals surface area (Å²) in [5.41, 5.74) is 3.42. The van der Waals surface area contributed by atoms with Crippen LogP contribution in [-0.4, -0.2) is 30.5 Å². The van der Waals surface area contributed by atoms with E-state index in [1.165, 1.54) is 6.92 Å². The Morgan fingerprint density at radius 3 is 2.79 bits per heavy atom. The molecule has 0 saturated carbocycles. The fourth-order valence-corrected chi connectivity index (χ4v) is 3.89. The van der Waals surface area contributed by atoms with Gasteiger partial charge < -0.3 is 20.7 Å². The molecule has 2 aliphatic rings. The third kappa shape index (κ3) is 3.98. The first-order valence-electron chi connectivity index (χ1n) is 9.38. The minimum Gasteiger partial charge on any atom is -0.381 e. The Bertz CT molecular complexity index is 922. The van der Waals surface area contributed by atoms with Crippen molar-refractivity contribution in [2.45, 2.75) is 31.8 Å². The average Bonchev–Trinajstić information content (AvgIpc) is 2.67. The van der Waals surface area contributed by atoms with Crippen LogP contribution in [0.25, 0.3) is 0 Å². The SMILES string of the molecule is CC(=O)Nc1ccc2c(c1)NC1(CCOCC1)C(=NCc1cccc(Cl)c1)N2. The van der Waals surface area contributed by atoms with Crippen molar-refractivity contribution in [1.29, 1.82) is 0 Å². The quantitative estimate of drug-likeness (QED) is 0.721. The fraction of sp³-hybridized carbons (Fsp3) is 0.333. The summed E-state index contributed by atoms with van der Waals surface area (Å²) in [4.78, 5) is 16.3. The van der Waals surface area contributed by atoms with Crippen LogP contribution in [0.2, 0.25) is 5.02 Å². The number of aliphatic imine (C=N–C) groups is 1. The third-order valence-electron chi connectivity index (χ3n) is 5.08. The molecule has 2 aromatic carbocycles. The largest absolute Gasteiger partial charge is 0.381 e. The summed E-state index contributed by atoms with van der Waals surface area (Å²) in [6, 6.07) is 13.5. The number of nitrogens with zero attached hydrogens (tertiary/aromatic N) is 1. The summed E-state index contributed by atoms with van der Waals surface area (Å²) in [5, 5.41) is 10.7. The van der Waals surface area contributed by atoms with Crippen molar-refractivity contribution in [3.8, 4) is 0 Å². The Morgan fingerprint density at radius 1 is 1.21 bits per heavy atom. The second-order valence-electron chi connectivity index (χ2n) is 7.18. The number of ether oxygens (including phenoxy) is 1. The molecule has 1 saturated heterocycles. The standard InChI is InChI=1S/C21H23ClN4O2/c1-14(27)24-17-5-6-18-19(12-17)26-21(7-9-28-10-8-21)20(25-18)23-13-15-3-2-4-16(22)11-15/h2-6,11-12,26H,7-10,13H2,1H3,(H,23,25)(H,24,27). The molecule has 1 fully saturated rings. The van der Waals surface area contributed by atoms with E-state index in [1.807, 2.05) is 42.5 Å². The maximum Gasteiger partial charge on any atom is 0.221 e. The van der Waals surface area contributed by atoms with E-state index in [0.717, 1.165) is 41.3 Å². The Kier molecular flexibility index (Phi) is 5.24. The van der Waals surface area contributed by atoms with Crippen molar-refractivity contribution >= 4 is 40.4 Å². The molecule has 0 atom stereocenters. The topological polar surface area (TPSA) is 74.8 Å². The van der Waals surface area contributed by atoms with Gasteiger partial charge in [0.2, 0.25) is 5.91 Å². The molecule has 2 heterocycles. The number of rotatable bonds is 3. The first-order valence-corrected chi connectivity index (χ1v) is 9.76. The number of amides is 1. The van der Waals surface area contributed by atoms with E-state index < -0.39 is 0 Å². The van der Waals surface area contributed by atoms with Gasteiger partial charge in [0.05, 0.1) is 23.5 Å². The van der Waals surface area contributed by atoms with Crippen LogP contribution >= 0.6 is 11.6 Å². The highest BCUT2D eigenvalue weighted by Crippen LogP contribution is 2.38. The molecule has 1 spiro atoms. The Balaban J connectivity index is 1.65. The van der Waals surface area contributed by atoms with Gasteiger partial charge in [-0.05, 0) is 35.9 Å². The van der Waals surface area contributed by atoms with Crippen molar-refractivity contribution in [3.05, 3.63) is 53.1 Å². The van der Waals surface area contributed by atoms with E-state index in [2.05, 4.69) is 16.0 Å². The minimum absolute atomic E-state index is 0.0896. The summed E-state index contributed by atoms with van der Waals surface area (Å²) in [6.45, 7) is 3.40. The number of hydrogen-bond donors (Lipinski definition) is 3. The van der Waals surface area contributed by atoms with Gasteiger partial charge in [0, 0.05) is 43.7 Å². The maximum absolute atomic E-state index is 11.4. The smallest absolute Gasteiger partial charge is 0.221 e. The number of benzene rings is 2. The maximum atomic E-state index is 11.4. The van der Waals surface area contributed by atoms with Crippen LogP contribution in [0.15, 0.2) is 47.5 Å². The first kappa shape index (κ1) is 18.8. The van der Waals surface area contributed by atoms with E-state index in [4.69, 9.17) is 21.3 Å². The van der Waals surface area contributed by atoms with Crippen LogP contribution < -0.4 is 16.0 Å².